The first kappa shape index (κ1) is 27.9. The molecule has 1 fully saturated rings. The summed E-state index contributed by atoms with van der Waals surface area (Å²) in [5.74, 6) is 0.116. The summed E-state index contributed by atoms with van der Waals surface area (Å²) in [5, 5.41) is 2.54. The van der Waals surface area contributed by atoms with Crippen LogP contribution in [0.3, 0.4) is 0 Å². The highest BCUT2D eigenvalue weighted by atomic mass is 79.9. The Balaban J connectivity index is 1.43. The minimum absolute atomic E-state index is 0.181. The molecule has 1 saturated heterocycles. The molecule has 0 bridgehead atoms. The Hall–Kier alpha value is -3.08. The van der Waals surface area contributed by atoms with Crippen molar-refractivity contribution in [1.29, 1.82) is 0 Å². The van der Waals surface area contributed by atoms with Gasteiger partial charge in [-0.3, -0.25) is 19.3 Å². The first-order valence-corrected chi connectivity index (χ1v) is 13.9. The summed E-state index contributed by atoms with van der Waals surface area (Å²) < 4.78 is 13.0. The maximum atomic E-state index is 12.9. The van der Waals surface area contributed by atoms with Gasteiger partial charge in [-0.2, -0.15) is 0 Å². The second kappa shape index (κ2) is 12.2. The molecular formula is C28H24Br2N2O5S. The molecule has 0 atom stereocenters. The van der Waals surface area contributed by atoms with E-state index in [0.717, 1.165) is 43.1 Å². The summed E-state index contributed by atoms with van der Waals surface area (Å²) in [7, 11) is 1.49. The Kier molecular flexibility index (Phi) is 8.96. The zero-order chi connectivity index (χ0) is 27.4. The van der Waals surface area contributed by atoms with Crippen LogP contribution in [-0.2, 0) is 16.1 Å². The molecule has 1 N–H and O–H groups in total. The average Bonchev–Trinajstić information content (AvgIpc) is 3.16. The van der Waals surface area contributed by atoms with Gasteiger partial charge in [0.2, 0.25) is 0 Å². The molecule has 1 heterocycles. The number of hydrogen-bond acceptors (Lipinski definition) is 6. The van der Waals surface area contributed by atoms with Gasteiger partial charge in [0.05, 0.1) is 18.6 Å². The van der Waals surface area contributed by atoms with Gasteiger partial charge in [0, 0.05) is 14.6 Å². The molecule has 1 aliphatic heterocycles. The topological polar surface area (TPSA) is 84.9 Å². The minimum atomic E-state index is -0.356. The van der Waals surface area contributed by atoms with Crippen LogP contribution in [0.4, 0.5) is 10.5 Å². The molecule has 7 nitrogen and oxygen atoms in total. The zero-order valence-corrected chi connectivity index (χ0v) is 24.8. The highest BCUT2D eigenvalue weighted by Gasteiger charge is 2.35. The Morgan fingerprint density at radius 2 is 1.76 bits per heavy atom. The van der Waals surface area contributed by atoms with E-state index in [0.29, 0.717) is 22.0 Å². The summed E-state index contributed by atoms with van der Waals surface area (Å²) in [5.41, 5.74) is 4.23. The Morgan fingerprint density at radius 1 is 1.00 bits per heavy atom. The molecule has 1 aliphatic rings. The Morgan fingerprint density at radius 3 is 2.50 bits per heavy atom. The molecule has 3 aromatic rings. The van der Waals surface area contributed by atoms with E-state index >= 15 is 0 Å². The van der Waals surface area contributed by atoms with Crippen LogP contribution in [0.15, 0.2) is 68.4 Å². The van der Waals surface area contributed by atoms with Crippen LogP contribution in [0.2, 0.25) is 0 Å². The number of thioether (sulfide) groups is 1. The first-order chi connectivity index (χ1) is 18.2. The van der Waals surface area contributed by atoms with E-state index in [-0.39, 0.29) is 30.2 Å². The van der Waals surface area contributed by atoms with Gasteiger partial charge in [-0.1, -0.05) is 56.1 Å². The van der Waals surface area contributed by atoms with Crippen molar-refractivity contribution >= 4 is 72.4 Å². The lowest BCUT2D eigenvalue weighted by Gasteiger charge is -2.14. The molecule has 3 amide bonds. The normalized spacial score (nSPS) is 14.2. The summed E-state index contributed by atoms with van der Waals surface area (Å²) in [6.45, 7) is 3.88. The summed E-state index contributed by atoms with van der Waals surface area (Å²) in [6.07, 6.45) is 1.64. The number of rotatable bonds is 8. The van der Waals surface area contributed by atoms with E-state index in [2.05, 4.69) is 37.2 Å². The number of anilines is 1. The van der Waals surface area contributed by atoms with E-state index in [4.69, 9.17) is 9.47 Å². The molecule has 0 aliphatic carbocycles. The van der Waals surface area contributed by atoms with Gasteiger partial charge in [-0.15, -0.1) is 0 Å². The van der Waals surface area contributed by atoms with E-state index in [1.54, 1.807) is 24.3 Å². The van der Waals surface area contributed by atoms with Gasteiger partial charge in [-0.25, -0.2) is 0 Å². The summed E-state index contributed by atoms with van der Waals surface area (Å²) in [4.78, 5) is 39.5. The number of halogens is 2. The lowest BCUT2D eigenvalue weighted by molar-refractivity contribution is -0.123. The fourth-order valence-corrected chi connectivity index (χ4v) is 5.41. The van der Waals surface area contributed by atoms with Crippen molar-refractivity contribution in [2.75, 3.05) is 19.0 Å². The molecular weight excluding hydrogens is 636 g/mol. The number of amides is 3. The standard InChI is InChI=1S/C28H24Br2N2O5S/c1-16-17(2)22(10-9-20(16)29)31-26(33)15-37-23-11-8-18(12-24(23)36-3)13-25-27(34)32(28(35)38-25)14-19-6-4-5-7-21(19)30/h4-13H,14-15H2,1-3H3,(H,31,33)/b25-13+. The monoisotopic (exact) mass is 658 g/mol. The summed E-state index contributed by atoms with van der Waals surface area (Å²) in [6, 6.07) is 16.3. The molecule has 10 heteroatoms. The predicted octanol–water partition coefficient (Wildman–Crippen LogP) is 7.09. The van der Waals surface area contributed by atoms with Crippen molar-refractivity contribution in [3.8, 4) is 11.5 Å². The average molecular weight is 660 g/mol. The fourth-order valence-electron chi connectivity index (χ4n) is 3.73. The molecule has 3 aromatic carbocycles. The number of methoxy groups -OCH3 is 1. The second-order valence-electron chi connectivity index (χ2n) is 8.45. The number of hydrogen-bond donors (Lipinski definition) is 1. The number of carbonyl (C=O) groups is 3. The molecule has 0 radical (unpaired) electrons. The van der Waals surface area contributed by atoms with Gasteiger partial charge < -0.3 is 14.8 Å². The highest BCUT2D eigenvalue weighted by Crippen LogP contribution is 2.36. The molecule has 38 heavy (non-hydrogen) atoms. The van der Waals surface area contributed by atoms with Gasteiger partial charge in [0.15, 0.2) is 18.1 Å². The van der Waals surface area contributed by atoms with E-state index < -0.39 is 0 Å². The largest absolute Gasteiger partial charge is 0.493 e. The third-order valence-electron chi connectivity index (χ3n) is 6.00. The van der Waals surface area contributed by atoms with Crippen LogP contribution in [0, 0.1) is 13.8 Å². The number of imide groups is 1. The number of carbonyl (C=O) groups excluding carboxylic acids is 3. The van der Waals surface area contributed by atoms with Crippen molar-refractivity contribution in [3.05, 3.63) is 90.7 Å². The van der Waals surface area contributed by atoms with Gasteiger partial charge >= 0.3 is 0 Å². The predicted molar refractivity (Wildman–Crippen MR) is 156 cm³/mol. The molecule has 196 valence electrons. The van der Waals surface area contributed by atoms with Crippen LogP contribution < -0.4 is 14.8 Å². The van der Waals surface area contributed by atoms with Crippen LogP contribution in [-0.4, -0.2) is 35.7 Å². The van der Waals surface area contributed by atoms with E-state index in [9.17, 15) is 14.4 Å². The number of ether oxygens (including phenoxy) is 2. The second-order valence-corrected chi connectivity index (χ2v) is 11.2. The van der Waals surface area contributed by atoms with Gasteiger partial charge in [0.1, 0.15) is 0 Å². The Bertz CT molecular complexity index is 1460. The molecule has 0 aromatic heterocycles. The van der Waals surface area contributed by atoms with Crippen molar-refractivity contribution in [2.24, 2.45) is 0 Å². The molecule has 0 unspecified atom stereocenters. The number of nitrogens with one attached hydrogen (secondary N) is 1. The lowest BCUT2D eigenvalue weighted by Crippen LogP contribution is -2.27. The highest BCUT2D eigenvalue weighted by molar-refractivity contribution is 9.10. The quantitative estimate of drug-likeness (QED) is 0.260. The minimum Gasteiger partial charge on any atom is -0.493 e. The maximum Gasteiger partial charge on any atom is 0.293 e. The van der Waals surface area contributed by atoms with Crippen molar-refractivity contribution in [1.82, 2.24) is 4.90 Å². The van der Waals surface area contributed by atoms with Crippen molar-refractivity contribution in [3.63, 3.8) is 0 Å². The number of nitrogens with zero attached hydrogens (tertiary/aromatic N) is 1. The van der Waals surface area contributed by atoms with Crippen molar-refractivity contribution < 1.29 is 23.9 Å². The van der Waals surface area contributed by atoms with E-state index in [1.165, 1.54) is 12.0 Å². The zero-order valence-electron chi connectivity index (χ0n) is 20.8. The maximum absolute atomic E-state index is 12.9. The lowest BCUT2D eigenvalue weighted by atomic mass is 10.1. The third-order valence-corrected chi connectivity index (χ3v) is 8.54. The number of benzene rings is 3. The van der Waals surface area contributed by atoms with Crippen LogP contribution in [0.1, 0.15) is 22.3 Å². The Labute approximate surface area is 241 Å². The summed E-state index contributed by atoms with van der Waals surface area (Å²) >= 11 is 7.84. The van der Waals surface area contributed by atoms with Crippen LogP contribution >= 0.6 is 43.6 Å². The fraction of sp³-hybridized carbons (Fsp3) is 0.179. The molecule has 0 saturated carbocycles. The molecule has 4 rings (SSSR count). The van der Waals surface area contributed by atoms with Crippen molar-refractivity contribution in [2.45, 2.75) is 20.4 Å². The van der Waals surface area contributed by atoms with Crippen LogP contribution in [0.5, 0.6) is 11.5 Å². The van der Waals surface area contributed by atoms with Crippen LogP contribution in [0.25, 0.3) is 6.08 Å². The van der Waals surface area contributed by atoms with Gasteiger partial charge in [0.25, 0.3) is 17.1 Å². The van der Waals surface area contributed by atoms with E-state index in [1.807, 2.05) is 50.2 Å². The van der Waals surface area contributed by atoms with Gasteiger partial charge in [-0.05, 0) is 84.3 Å². The molecule has 0 spiro atoms. The SMILES string of the molecule is COc1cc(/C=C2/SC(=O)N(Cc3ccccc3Br)C2=O)ccc1OCC(=O)Nc1ccc(Br)c(C)c1C. The smallest absolute Gasteiger partial charge is 0.293 e. The first-order valence-electron chi connectivity index (χ1n) is 11.5. The third kappa shape index (κ3) is 6.31.